The number of rotatable bonds is 6. The van der Waals surface area contributed by atoms with E-state index in [0.717, 1.165) is 73.5 Å². The van der Waals surface area contributed by atoms with E-state index in [4.69, 9.17) is 9.47 Å². The first kappa shape index (κ1) is 39.3. The van der Waals surface area contributed by atoms with E-state index in [1.807, 2.05) is 98.2 Å². The fourth-order valence-corrected chi connectivity index (χ4v) is 10.4. The Kier molecular flexibility index (Phi) is 10.1. The van der Waals surface area contributed by atoms with Gasteiger partial charge in [-0.2, -0.15) is 0 Å². The SMILES string of the molecule is CC1(C)OC(=O)N(C2CCC(n3c(=O)[nH]c4cccnc43)CC2)[C@@H]1c1ccccc1.CC1(C)OC(=O)N(C2CCC(n3c(=O)[nH]c4cccnc43)CC2)[C@H]1c1ccccc1. The molecule has 14 nitrogen and oxygen atoms in total. The van der Waals surface area contributed by atoms with Gasteiger partial charge in [0.1, 0.15) is 11.2 Å². The number of cyclic esters (lactones) is 2. The van der Waals surface area contributed by atoms with E-state index in [0.29, 0.717) is 11.3 Å². The van der Waals surface area contributed by atoms with Gasteiger partial charge >= 0.3 is 23.6 Å². The van der Waals surface area contributed by atoms with Crippen molar-refractivity contribution in [1.82, 2.24) is 38.9 Å². The molecule has 4 aliphatic rings. The lowest BCUT2D eigenvalue weighted by Gasteiger charge is -2.38. The molecule has 2 aliphatic heterocycles. The second kappa shape index (κ2) is 15.4. The molecule has 312 valence electrons. The van der Waals surface area contributed by atoms with Crippen molar-refractivity contribution in [3.63, 3.8) is 0 Å². The predicted octanol–water partition coefficient (Wildman–Crippen LogP) is 8.36. The van der Waals surface area contributed by atoms with Crippen molar-refractivity contribution in [2.24, 2.45) is 0 Å². The van der Waals surface area contributed by atoms with Crippen LogP contribution in [0.1, 0.15) is 114 Å². The monoisotopic (exact) mass is 812 g/mol. The second-order valence-corrected chi connectivity index (χ2v) is 17.7. The summed E-state index contributed by atoms with van der Waals surface area (Å²) in [5, 5.41) is 0. The Morgan fingerprint density at radius 3 is 1.22 bits per heavy atom. The van der Waals surface area contributed by atoms with Crippen LogP contribution in [0.15, 0.2) is 107 Å². The molecular weight excluding hydrogens is 761 g/mol. The number of hydrogen-bond donors (Lipinski definition) is 2. The highest BCUT2D eigenvalue weighted by Crippen LogP contribution is 2.47. The molecule has 0 spiro atoms. The number of aromatic nitrogens is 6. The van der Waals surface area contributed by atoms with E-state index in [2.05, 4.69) is 44.2 Å². The van der Waals surface area contributed by atoms with Crippen LogP contribution in [0.4, 0.5) is 9.59 Å². The van der Waals surface area contributed by atoms with Crippen molar-refractivity contribution in [2.75, 3.05) is 0 Å². The van der Waals surface area contributed by atoms with Crippen molar-refractivity contribution < 1.29 is 19.1 Å². The zero-order valence-corrected chi connectivity index (χ0v) is 34.5. The molecular formula is C46H52N8O6. The van der Waals surface area contributed by atoms with Gasteiger partial charge in [0.2, 0.25) is 0 Å². The normalized spacial score (nSPS) is 26.1. The molecule has 10 rings (SSSR count). The number of carbonyl (C=O) groups excluding carboxylic acids is 2. The van der Waals surface area contributed by atoms with Gasteiger partial charge in [-0.15, -0.1) is 0 Å². The summed E-state index contributed by atoms with van der Waals surface area (Å²) < 4.78 is 15.1. The van der Waals surface area contributed by atoms with Crippen LogP contribution in [0.2, 0.25) is 0 Å². The van der Waals surface area contributed by atoms with E-state index in [1.165, 1.54) is 0 Å². The molecule has 2 N–H and O–H groups in total. The summed E-state index contributed by atoms with van der Waals surface area (Å²) in [5.74, 6) is 0. The summed E-state index contributed by atoms with van der Waals surface area (Å²) in [6.07, 6.45) is 9.51. The van der Waals surface area contributed by atoms with Crippen molar-refractivity contribution >= 4 is 34.5 Å². The minimum absolute atomic E-state index is 0.0826. The highest BCUT2D eigenvalue weighted by atomic mass is 16.6. The van der Waals surface area contributed by atoms with E-state index < -0.39 is 11.2 Å². The lowest BCUT2D eigenvalue weighted by Crippen LogP contribution is -2.43. The summed E-state index contributed by atoms with van der Waals surface area (Å²) in [7, 11) is 0. The number of carbonyl (C=O) groups is 2. The molecule has 2 aliphatic carbocycles. The largest absolute Gasteiger partial charge is 0.441 e. The molecule has 0 unspecified atom stereocenters. The topological polar surface area (TPSA) is 160 Å². The molecule has 0 bridgehead atoms. The first-order valence-electron chi connectivity index (χ1n) is 21.1. The van der Waals surface area contributed by atoms with Crippen LogP contribution in [0.25, 0.3) is 22.3 Å². The number of nitrogens with zero attached hydrogens (tertiary/aromatic N) is 6. The third-order valence-electron chi connectivity index (χ3n) is 13.0. The van der Waals surface area contributed by atoms with Gasteiger partial charge in [0, 0.05) is 36.6 Å². The van der Waals surface area contributed by atoms with Crippen LogP contribution in [-0.2, 0) is 9.47 Å². The quantitative estimate of drug-likeness (QED) is 0.170. The van der Waals surface area contributed by atoms with Gasteiger partial charge in [-0.3, -0.25) is 18.9 Å². The molecule has 2 saturated carbocycles. The number of imidazole rings is 2. The molecule has 6 heterocycles. The zero-order chi connectivity index (χ0) is 41.8. The van der Waals surface area contributed by atoms with Crippen molar-refractivity contribution in [2.45, 2.75) is 127 Å². The molecule has 0 radical (unpaired) electrons. The third kappa shape index (κ3) is 7.05. The molecule has 4 aromatic heterocycles. The van der Waals surface area contributed by atoms with E-state index in [-0.39, 0.29) is 59.8 Å². The first-order chi connectivity index (χ1) is 28.9. The van der Waals surface area contributed by atoms with Crippen molar-refractivity contribution in [1.29, 1.82) is 0 Å². The number of ether oxygens (including phenoxy) is 2. The number of H-pyrrole nitrogens is 2. The Morgan fingerprint density at radius 2 is 0.850 bits per heavy atom. The van der Waals surface area contributed by atoms with Crippen molar-refractivity contribution in [3.8, 4) is 0 Å². The number of amides is 2. The second-order valence-electron chi connectivity index (χ2n) is 17.7. The number of nitrogens with one attached hydrogen (secondary N) is 2. The van der Waals surface area contributed by atoms with E-state index in [9.17, 15) is 19.2 Å². The van der Waals surface area contributed by atoms with E-state index in [1.54, 1.807) is 21.5 Å². The first-order valence-corrected chi connectivity index (χ1v) is 21.1. The number of fused-ring (bicyclic) bond motifs is 2. The van der Waals surface area contributed by atoms with Gasteiger partial charge in [0.05, 0.1) is 23.1 Å². The highest BCUT2D eigenvalue weighted by Gasteiger charge is 2.53. The molecule has 2 atom stereocenters. The van der Waals surface area contributed by atoms with E-state index >= 15 is 0 Å². The van der Waals surface area contributed by atoms with Crippen LogP contribution in [0.3, 0.4) is 0 Å². The van der Waals surface area contributed by atoms with Gasteiger partial charge < -0.3 is 19.4 Å². The van der Waals surface area contributed by atoms with Gasteiger partial charge in [-0.1, -0.05) is 60.7 Å². The summed E-state index contributed by atoms with van der Waals surface area (Å²) in [4.78, 5) is 69.2. The zero-order valence-electron chi connectivity index (χ0n) is 34.5. The minimum Gasteiger partial charge on any atom is -0.441 e. The Morgan fingerprint density at radius 1 is 0.500 bits per heavy atom. The van der Waals surface area contributed by atoms with Gasteiger partial charge in [0.25, 0.3) is 0 Å². The van der Waals surface area contributed by atoms with Crippen molar-refractivity contribution in [3.05, 3.63) is 129 Å². The molecule has 4 fully saturated rings. The third-order valence-corrected chi connectivity index (χ3v) is 13.0. The molecule has 14 heteroatoms. The summed E-state index contributed by atoms with van der Waals surface area (Å²) >= 11 is 0. The lowest BCUT2D eigenvalue weighted by molar-refractivity contribution is 0.0654. The fraction of sp³-hybridized carbons (Fsp3) is 0.435. The maximum absolute atomic E-state index is 12.8. The Bertz CT molecular complexity index is 2430. The molecule has 6 aromatic rings. The Hall–Kier alpha value is -6.18. The Balaban J connectivity index is 0.000000154. The van der Waals surface area contributed by atoms with Gasteiger partial charge in [-0.05, 0) is 114 Å². The van der Waals surface area contributed by atoms with Gasteiger partial charge in [0.15, 0.2) is 11.3 Å². The highest BCUT2D eigenvalue weighted by molar-refractivity contribution is 5.74. The van der Waals surface area contributed by atoms with Gasteiger partial charge in [-0.25, -0.2) is 29.1 Å². The number of hydrogen-bond acceptors (Lipinski definition) is 8. The predicted molar refractivity (Wildman–Crippen MR) is 226 cm³/mol. The summed E-state index contributed by atoms with van der Waals surface area (Å²) in [5.41, 5.74) is 3.70. The van der Waals surface area contributed by atoms with Crippen LogP contribution in [0.5, 0.6) is 0 Å². The summed E-state index contributed by atoms with van der Waals surface area (Å²) in [6.45, 7) is 7.91. The number of pyridine rings is 2. The maximum Gasteiger partial charge on any atom is 0.411 e. The fourth-order valence-electron chi connectivity index (χ4n) is 10.4. The molecule has 2 aromatic carbocycles. The molecule has 60 heavy (non-hydrogen) atoms. The maximum atomic E-state index is 12.8. The lowest BCUT2D eigenvalue weighted by atomic mass is 9.86. The standard InChI is InChI=1S/2C23H26N4O3/c2*1-23(2)19(15-7-4-3-5-8-15)26(22(29)30-23)16-10-12-17(13-11-16)27-20-18(25-21(27)28)9-6-14-24-20/h2*3-9,14,16-17,19H,10-13H2,1-2H3,(H,25,28)/t2*16?,17?,19-/m10/s1. The van der Waals surface area contributed by atoms with Crippen LogP contribution < -0.4 is 11.4 Å². The average molecular weight is 813 g/mol. The molecule has 2 saturated heterocycles. The average Bonchev–Trinajstić information content (AvgIpc) is 3.92. The van der Waals surface area contributed by atoms with Crippen LogP contribution >= 0.6 is 0 Å². The number of aromatic amines is 2. The van der Waals surface area contributed by atoms with Crippen LogP contribution in [0, 0.1) is 0 Å². The smallest absolute Gasteiger partial charge is 0.411 e. The summed E-state index contributed by atoms with van der Waals surface area (Å²) in [6, 6.07) is 27.7. The minimum atomic E-state index is -0.590. The van der Waals surface area contributed by atoms with Crippen LogP contribution in [-0.4, -0.2) is 74.3 Å². The Labute approximate surface area is 347 Å². The number of benzene rings is 2. The molecule has 2 amide bonds.